The largest absolute Gasteiger partial charge is 0.508 e. The number of rotatable bonds is 2. The number of aromatic nitrogens is 1. The highest BCUT2D eigenvalue weighted by molar-refractivity contribution is 5.86. The van der Waals surface area contributed by atoms with Gasteiger partial charge in [-0.25, -0.2) is 0 Å². The molecule has 3 saturated heterocycles. The van der Waals surface area contributed by atoms with Crippen LogP contribution in [0.2, 0.25) is 0 Å². The van der Waals surface area contributed by atoms with Gasteiger partial charge in [0.05, 0.1) is 6.04 Å². The topological polar surface area (TPSA) is 79.7 Å². The maximum Gasteiger partial charge on any atom is 0.116 e. The van der Waals surface area contributed by atoms with Crippen LogP contribution in [0.15, 0.2) is 18.2 Å². The number of aromatic amines is 1. The van der Waals surface area contributed by atoms with Gasteiger partial charge in [0.2, 0.25) is 0 Å². The Balaban J connectivity index is 1.68. The van der Waals surface area contributed by atoms with Crippen molar-refractivity contribution in [3.63, 3.8) is 0 Å². The Labute approximate surface area is 140 Å². The first-order valence-electron chi connectivity index (χ1n) is 8.96. The van der Waals surface area contributed by atoms with Gasteiger partial charge in [-0.2, -0.15) is 0 Å². The van der Waals surface area contributed by atoms with Gasteiger partial charge in [0.25, 0.3) is 0 Å². The molecule has 0 amide bonds. The summed E-state index contributed by atoms with van der Waals surface area (Å²) in [6.07, 6.45) is 1.89. The summed E-state index contributed by atoms with van der Waals surface area (Å²) in [5.41, 5.74) is 3.66. The van der Waals surface area contributed by atoms with Crippen LogP contribution in [-0.2, 0) is 6.42 Å². The molecule has 2 aromatic rings. The van der Waals surface area contributed by atoms with Crippen LogP contribution in [0.1, 0.15) is 30.6 Å². The molecule has 5 heterocycles. The molecular weight excluding hydrogens is 304 g/mol. The van der Waals surface area contributed by atoms with Gasteiger partial charge in [-0.1, -0.05) is 0 Å². The Bertz CT molecular complexity index is 801. The first-order chi connectivity index (χ1) is 11.6. The van der Waals surface area contributed by atoms with E-state index in [1.165, 1.54) is 11.3 Å². The number of nitrogens with one attached hydrogen (secondary N) is 1. The van der Waals surface area contributed by atoms with Crippen molar-refractivity contribution >= 4 is 10.9 Å². The monoisotopic (exact) mass is 328 g/mol. The average molecular weight is 328 g/mol. The second-order valence-electron chi connectivity index (χ2n) is 7.81. The number of hydrogen-bond acceptors (Lipinski definition) is 4. The fraction of sp³-hybridized carbons (Fsp3) is 0.579. The number of phenols is 1. The summed E-state index contributed by atoms with van der Waals surface area (Å²) < 4.78 is 0. The number of phenolic OH excluding ortho intramolecular Hbond substituents is 1. The maximum absolute atomic E-state index is 10.0. The molecule has 128 valence electrons. The van der Waals surface area contributed by atoms with Crippen molar-refractivity contribution < 1.29 is 15.3 Å². The van der Waals surface area contributed by atoms with E-state index in [0.29, 0.717) is 29.8 Å². The van der Waals surface area contributed by atoms with Crippen LogP contribution in [0.4, 0.5) is 0 Å². The fourth-order valence-corrected chi connectivity index (χ4v) is 5.99. The van der Waals surface area contributed by atoms with Gasteiger partial charge in [0, 0.05) is 53.7 Å². The average Bonchev–Trinajstić information content (AvgIpc) is 2.93. The minimum atomic E-state index is 0.185. The molecule has 4 aliphatic rings. The molecule has 1 aromatic heterocycles. The first-order valence-corrected chi connectivity index (χ1v) is 8.96. The van der Waals surface area contributed by atoms with E-state index >= 15 is 0 Å². The van der Waals surface area contributed by atoms with Crippen molar-refractivity contribution in [2.45, 2.75) is 37.9 Å². The molecule has 7 atom stereocenters. The van der Waals surface area contributed by atoms with Crippen molar-refractivity contribution in [3.8, 4) is 5.75 Å². The summed E-state index contributed by atoms with van der Waals surface area (Å²) in [6.45, 7) is 2.61. The Morgan fingerprint density at radius 3 is 2.75 bits per heavy atom. The van der Waals surface area contributed by atoms with Gasteiger partial charge in [-0.05, 0) is 49.4 Å². The molecule has 0 radical (unpaired) electrons. The molecule has 4 bridgehead atoms. The van der Waals surface area contributed by atoms with E-state index in [1.807, 2.05) is 12.1 Å². The molecule has 3 fully saturated rings. The summed E-state index contributed by atoms with van der Waals surface area (Å²) in [5, 5.41) is 30.9. The summed E-state index contributed by atoms with van der Waals surface area (Å²) in [6, 6.07) is 6.52. The second-order valence-corrected chi connectivity index (χ2v) is 7.81. The molecule has 4 N–H and O–H groups in total. The Kier molecular flexibility index (Phi) is 3.06. The van der Waals surface area contributed by atoms with Gasteiger partial charge >= 0.3 is 0 Å². The third-order valence-corrected chi connectivity index (χ3v) is 7.01. The summed E-state index contributed by atoms with van der Waals surface area (Å²) in [4.78, 5) is 6.13. The third-order valence-electron chi connectivity index (χ3n) is 7.01. The molecule has 7 unspecified atom stereocenters. The number of aliphatic hydroxyl groups excluding tert-OH is 2. The van der Waals surface area contributed by atoms with E-state index in [2.05, 4.69) is 16.8 Å². The molecule has 4 aliphatic heterocycles. The summed E-state index contributed by atoms with van der Waals surface area (Å²) in [5.74, 6) is 1.16. The Morgan fingerprint density at radius 2 is 2.00 bits per heavy atom. The van der Waals surface area contributed by atoms with Crippen LogP contribution in [0.3, 0.4) is 0 Å². The van der Waals surface area contributed by atoms with Crippen LogP contribution >= 0.6 is 0 Å². The van der Waals surface area contributed by atoms with Crippen molar-refractivity contribution in [1.29, 1.82) is 0 Å². The van der Waals surface area contributed by atoms with Gasteiger partial charge in [0.15, 0.2) is 0 Å². The molecule has 0 aliphatic carbocycles. The lowest BCUT2D eigenvalue weighted by Crippen LogP contribution is -2.67. The number of aliphatic hydroxyl groups is 2. The zero-order chi connectivity index (χ0) is 16.6. The standard InChI is InChI=1S/C19H24N2O3/c1-9-14(7-22)11-5-18-19-13(6-17(21(9)18)15(11)8-23)12-4-10(24)2-3-16(12)20-19/h2-4,9,11,14-15,17-18,20,22-24H,5-8H2,1H3. The summed E-state index contributed by atoms with van der Waals surface area (Å²) in [7, 11) is 0. The van der Waals surface area contributed by atoms with Gasteiger partial charge < -0.3 is 20.3 Å². The number of hydrogen-bond donors (Lipinski definition) is 4. The Hall–Kier alpha value is -1.56. The number of fused-ring (bicyclic) bond motifs is 4. The van der Waals surface area contributed by atoms with Crippen LogP contribution in [0.5, 0.6) is 5.75 Å². The van der Waals surface area contributed by atoms with Crippen LogP contribution < -0.4 is 0 Å². The predicted molar refractivity (Wildman–Crippen MR) is 90.8 cm³/mol. The zero-order valence-electron chi connectivity index (χ0n) is 13.8. The normalized spacial score (nSPS) is 40.0. The van der Waals surface area contributed by atoms with E-state index in [0.717, 1.165) is 23.7 Å². The molecule has 5 heteroatoms. The number of aromatic hydroxyl groups is 1. The lowest BCUT2D eigenvalue weighted by atomic mass is 9.60. The lowest BCUT2D eigenvalue weighted by molar-refractivity contribution is -0.154. The molecule has 24 heavy (non-hydrogen) atoms. The Morgan fingerprint density at radius 1 is 1.21 bits per heavy atom. The molecule has 0 saturated carbocycles. The molecule has 1 aromatic carbocycles. The number of piperidine rings is 3. The van der Waals surface area contributed by atoms with Gasteiger partial charge in [-0.15, -0.1) is 0 Å². The first kappa shape index (κ1) is 14.8. The number of benzene rings is 1. The molecular formula is C19H24N2O3. The minimum Gasteiger partial charge on any atom is -0.508 e. The maximum atomic E-state index is 10.0. The van der Waals surface area contributed by atoms with Crippen molar-refractivity contribution in [2.24, 2.45) is 17.8 Å². The fourth-order valence-electron chi connectivity index (χ4n) is 5.99. The predicted octanol–water partition coefficient (Wildman–Crippen LogP) is 1.78. The van der Waals surface area contributed by atoms with Crippen molar-refractivity contribution in [2.75, 3.05) is 13.2 Å². The van der Waals surface area contributed by atoms with E-state index in [-0.39, 0.29) is 25.0 Å². The highest BCUT2D eigenvalue weighted by Gasteiger charge is 2.57. The smallest absolute Gasteiger partial charge is 0.116 e. The summed E-state index contributed by atoms with van der Waals surface area (Å²) >= 11 is 0. The van der Waals surface area contributed by atoms with E-state index in [9.17, 15) is 15.3 Å². The van der Waals surface area contributed by atoms with Crippen molar-refractivity contribution in [1.82, 2.24) is 9.88 Å². The highest BCUT2D eigenvalue weighted by atomic mass is 16.3. The minimum absolute atomic E-state index is 0.185. The zero-order valence-corrected chi connectivity index (χ0v) is 13.8. The third kappa shape index (κ3) is 1.70. The number of nitrogens with zero attached hydrogens (tertiary/aromatic N) is 1. The van der Waals surface area contributed by atoms with Gasteiger partial charge in [-0.3, -0.25) is 4.90 Å². The van der Waals surface area contributed by atoms with Crippen LogP contribution in [-0.4, -0.2) is 50.5 Å². The van der Waals surface area contributed by atoms with Crippen LogP contribution in [0.25, 0.3) is 10.9 Å². The second kappa shape index (κ2) is 4.97. The van der Waals surface area contributed by atoms with Crippen molar-refractivity contribution in [3.05, 3.63) is 29.5 Å². The van der Waals surface area contributed by atoms with E-state index < -0.39 is 0 Å². The lowest BCUT2D eigenvalue weighted by Gasteiger charge is -2.63. The molecule has 5 nitrogen and oxygen atoms in total. The SMILES string of the molecule is CC1C(CO)C2CC3c4[nH]c5ccc(O)cc5c4CC(C2CO)N31. The molecule has 6 rings (SSSR count). The van der Waals surface area contributed by atoms with E-state index in [1.54, 1.807) is 6.07 Å². The quantitative estimate of drug-likeness (QED) is 0.677. The highest BCUT2D eigenvalue weighted by Crippen LogP contribution is 2.56. The van der Waals surface area contributed by atoms with E-state index in [4.69, 9.17) is 0 Å². The number of H-pyrrole nitrogens is 1. The van der Waals surface area contributed by atoms with Gasteiger partial charge in [0.1, 0.15) is 5.75 Å². The van der Waals surface area contributed by atoms with Crippen LogP contribution in [0, 0.1) is 17.8 Å². The molecule has 0 spiro atoms.